The van der Waals surface area contributed by atoms with Crippen LogP contribution in [0.5, 0.6) is 0 Å². The molecule has 2 aliphatic heterocycles. The van der Waals surface area contributed by atoms with Crippen LogP contribution in [0.1, 0.15) is 30.4 Å². The van der Waals surface area contributed by atoms with Crippen molar-refractivity contribution in [3.63, 3.8) is 0 Å². The third-order valence-electron chi connectivity index (χ3n) is 4.15. The number of piperidine rings is 1. The Balaban J connectivity index is 1.52. The highest BCUT2D eigenvalue weighted by molar-refractivity contribution is 5.24. The average molecular weight is 245 g/mol. The number of hydrogen-bond acceptors (Lipinski definition) is 2. The van der Waals surface area contributed by atoms with E-state index in [2.05, 4.69) is 29.6 Å². The van der Waals surface area contributed by atoms with Crippen molar-refractivity contribution in [2.45, 2.75) is 38.1 Å². The summed E-state index contributed by atoms with van der Waals surface area (Å²) in [5, 5.41) is 3.62. The number of nitrogens with one attached hydrogen (secondary N) is 1. The van der Waals surface area contributed by atoms with E-state index in [9.17, 15) is 0 Å². The molecule has 1 atom stereocenters. The lowest BCUT2D eigenvalue weighted by molar-refractivity contribution is -0.0312. The van der Waals surface area contributed by atoms with Crippen LogP contribution in [0, 0.1) is 5.92 Å². The Bertz CT molecular complexity index is 363. The highest BCUT2D eigenvalue weighted by Crippen LogP contribution is 2.18. The zero-order valence-corrected chi connectivity index (χ0v) is 11.0. The summed E-state index contributed by atoms with van der Waals surface area (Å²) in [5.41, 5.74) is 2.94. The quantitative estimate of drug-likeness (QED) is 0.880. The van der Waals surface area contributed by atoms with E-state index in [-0.39, 0.29) is 0 Å². The van der Waals surface area contributed by atoms with E-state index in [1.165, 1.54) is 49.8 Å². The largest absolute Gasteiger partial charge is 0.381 e. The van der Waals surface area contributed by atoms with Gasteiger partial charge in [0.25, 0.3) is 0 Å². The molecule has 1 unspecified atom stereocenters. The zero-order valence-electron chi connectivity index (χ0n) is 11.0. The smallest absolute Gasteiger partial charge is 0.0519 e. The van der Waals surface area contributed by atoms with Gasteiger partial charge < -0.3 is 10.1 Å². The molecule has 2 heteroatoms. The zero-order chi connectivity index (χ0) is 12.2. The summed E-state index contributed by atoms with van der Waals surface area (Å²) in [4.78, 5) is 0. The molecule has 0 spiro atoms. The molecule has 0 amide bonds. The summed E-state index contributed by atoms with van der Waals surface area (Å²) in [7, 11) is 0. The van der Waals surface area contributed by atoms with Gasteiger partial charge in [0.1, 0.15) is 0 Å². The Kier molecular flexibility index (Phi) is 3.96. The molecule has 0 bridgehead atoms. The molecule has 3 rings (SSSR count). The van der Waals surface area contributed by atoms with Gasteiger partial charge in [0.2, 0.25) is 0 Å². The lowest BCUT2D eigenvalue weighted by atomic mass is 9.94. The third-order valence-corrected chi connectivity index (χ3v) is 4.15. The molecule has 2 fully saturated rings. The average Bonchev–Trinajstić information content (AvgIpc) is 2.37. The second-order valence-electron chi connectivity index (χ2n) is 5.78. The third kappa shape index (κ3) is 3.12. The Labute approximate surface area is 110 Å². The molecule has 0 aliphatic carbocycles. The van der Waals surface area contributed by atoms with Crippen LogP contribution in [0.15, 0.2) is 24.3 Å². The predicted octanol–water partition coefficient (Wildman–Crippen LogP) is 2.56. The molecule has 98 valence electrons. The molecular formula is C16H23NO. The van der Waals surface area contributed by atoms with Gasteiger partial charge >= 0.3 is 0 Å². The van der Waals surface area contributed by atoms with Crippen LogP contribution in [0.2, 0.25) is 0 Å². The SMILES string of the molecule is c1cc(CC2CCCCN2)ccc1CC1COC1. The summed E-state index contributed by atoms with van der Waals surface area (Å²) in [5.74, 6) is 0.760. The Morgan fingerprint density at radius 1 is 1.00 bits per heavy atom. The Hall–Kier alpha value is -0.860. The van der Waals surface area contributed by atoms with Crippen LogP contribution in [0.25, 0.3) is 0 Å². The van der Waals surface area contributed by atoms with E-state index < -0.39 is 0 Å². The molecule has 2 saturated heterocycles. The highest BCUT2D eigenvalue weighted by atomic mass is 16.5. The molecule has 18 heavy (non-hydrogen) atoms. The molecule has 1 N–H and O–H groups in total. The van der Waals surface area contributed by atoms with Gasteiger partial charge in [-0.15, -0.1) is 0 Å². The van der Waals surface area contributed by atoms with Crippen molar-refractivity contribution in [2.24, 2.45) is 5.92 Å². The first-order valence-electron chi connectivity index (χ1n) is 7.29. The van der Waals surface area contributed by atoms with Gasteiger partial charge in [-0.1, -0.05) is 30.7 Å². The summed E-state index contributed by atoms with van der Waals surface area (Å²) >= 11 is 0. The van der Waals surface area contributed by atoms with Gasteiger partial charge in [-0.2, -0.15) is 0 Å². The van der Waals surface area contributed by atoms with Crippen molar-refractivity contribution < 1.29 is 4.74 Å². The van der Waals surface area contributed by atoms with E-state index in [4.69, 9.17) is 4.74 Å². The minimum absolute atomic E-state index is 0.699. The topological polar surface area (TPSA) is 21.3 Å². The second-order valence-corrected chi connectivity index (χ2v) is 5.78. The van der Waals surface area contributed by atoms with Crippen molar-refractivity contribution in [1.29, 1.82) is 0 Å². The normalized spacial score (nSPS) is 24.8. The number of benzene rings is 1. The Morgan fingerprint density at radius 2 is 1.72 bits per heavy atom. The van der Waals surface area contributed by atoms with Gasteiger partial charge in [0.15, 0.2) is 0 Å². The lowest BCUT2D eigenvalue weighted by Gasteiger charge is -2.26. The van der Waals surface area contributed by atoms with Gasteiger partial charge in [-0.3, -0.25) is 0 Å². The molecule has 2 nitrogen and oxygen atoms in total. The standard InChI is InChI=1S/C16H23NO/c1-2-8-17-16(3-1)10-14-6-4-13(5-7-14)9-15-11-18-12-15/h4-7,15-17H,1-3,8-12H2. The van der Waals surface area contributed by atoms with Crippen LogP contribution < -0.4 is 5.32 Å². The number of rotatable bonds is 4. The minimum Gasteiger partial charge on any atom is -0.381 e. The van der Waals surface area contributed by atoms with Gasteiger partial charge in [0, 0.05) is 12.0 Å². The molecule has 1 aromatic carbocycles. The maximum Gasteiger partial charge on any atom is 0.0519 e. The van der Waals surface area contributed by atoms with Crippen LogP contribution in [0.3, 0.4) is 0 Å². The summed E-state index contributed by atoms with van der Waals surface area (Å²) in [6.07, 6.45) is 6.44. The fourth-order valence-electron chi connectivity index (χ4n) is 2.93. The van der Waals surface area contributed by atoms with Crippen molar-refractivity contribution in [3.8, 4) is 0 Å². The van der Waals surface area contributed by atoms with Crippen molar-refractivity contribution in [1.82, 2.24) is 5.32 Å². The van der Waals surface area contributed by atoms with E-state index in [0.717, 1.165) is 19.1 Å². The van der Waals surface area contributed by atoms with E-state index in [1.807, 2.05) is 0 Å². The minimum atomic E-state index is 0.699. The fraction of sp³-hybridized carbons (Fsp3) is 0.625. The van der Waals surface area contributed by atoms with Crippen molar-refractivity contribution in [2.75, 3.05) is 19.8 Å². The molecule has 0 aromatic heterocycles. The molecule has 0 radical (unpaired) electrons. The highest BCUT2D eigenvalue weighted by Gasteiger charge is 2.18. The number of hydrogen-bond donors (Lipinski definition) is 1. The second kappa shape index (κ2) is 5.85. The summed E-state index contributed by atoms with van der Waals surface area (Å²) < 4.78 is 5.22. The summed E-state index contributed by atoms with van der Waals surface area (Å²) in [6, 6.07) is 9.92. The maximum atomic E-state index is 5.22. The van der Waals surface area contributed by atoms with E-state index in [0.29, 0.717) is 6.04 Å². The maximum absolute atomic E-state index is 5.22. The van der Waals surface area contributed by atoms with Crippen LogP contribution in [0.4, 0.5) is 0 Å². The molecule has 0 saturated carbocycles. The predicted molar refractivity (Wildman–Crippen MR) is 73.8 cm³/mol. The first-order chi connectivity index (χ1) is 8.90. The van der Waals surface area contributed by atoms with Crippen molar-refractivity contribution >= 4 is 0 Å². The van der Waals surface area contributed by atoms with Crippen molar-refractivity contribution in [3.05, 3.63) is 35.4 Å². The molecule has 2 heterocycles. The van der Waals surface area contributed by atoms with Crippen LogP contribution >= 0.6 is 0 Å². The van der Waals surface area contributed by atoms with Crippen LogP contribution in [-0.2, 0) is 17.6 Å². The van der Waals surface area contributed by atoms with E-state index in [1.54, 1.807) is 0 Å². The summed E-state index contributed by atoms with van der Waals surface area (Å²) in [6.45, 7) is 3.10. The molecular weight excluding hydrogens is 222 g/mol. The molecule has 2 aliphatic rings. The first-order valence-corrected chi connectivity index (χ1v) is 7.29. The van der Waals surface area contributed by atoms with Crippen LogP contribution in [-0.4, -0.2) is 25.8 Å². The van der Waals surface area contributed by atoms with Gasteiger partial charge in [-0.05, 0) is 43.4 Å². The monoisotopic (exact) mass is 245 g/mol. The van der Waals surface area contributed by atoms with Gasteiger partial charge in [0.05, 0.1) is 13.2 Å². The number of ether oxygens (including phenoxy) is 1. The Morgan fingerprint density at radius 3 is 2.28 bits per heavy atom. The molecule has 1 aromatic rings. The van der Waals surface area contributed by atoms with E-state index >= 15 is 0 Å². The van der Waals surface area contributed by atoms with Gasteiger partial charge in [-0.25, -0.2) is 0 Å². The lowest BCUT2D eigenvalue weighted by Crippen LogP contribution is -2.35. The first kappa shape index (κ1) is 12.2. The fourth-order valence-corrected chi connectivity index (χ4v) is 2.93.